The topological polar surface area (TPSA) is 50.9 Å². The molecule has 0 aliphatic rings. The van der Waals surface area contributed by atoms with Crippen molar-refractivity contribution in [2.45, 2.75) is 92.2 Å². The average Bonchev–Trinajstić information content (AvgIpc) is 3.65. The van der Waals surface area contributed by atoms with Crippen molar-refractivity contribution in [1.82, 2.24) is 14.5 Å². The van der Waals surface area contributed by atoms with E-state index in [1.54, 1.807) is 24.4 Å². The van der Waals surface area contributed by atoms with Gasteiger partial charge in [-0.3, -0.25) is 9.55 Å². The molecule has 8 rings (SSSR count). The maximum Gasteiger partial charge on any atom is 0.148 e. The van der Waals surface area contributed by atoms with E-state index < -0.39 is 26.0 Å². The Morgan fingerprint density at radius 3 is 1.97 bits per heavy atom. The molecule has 6 aromatic carbocycles. The summed E-state index contributed by atoms with van der Waals surface area (Å²) in [5, 5.41) is 11.8. The molecule has 0 radical (unpaired) electrons. The Hall–Kier alpha value is -5.57. The van der Waals surface area contributed by atoms with Crippen molar-refractivity contribution in [3.8, 4) is 67.5 Å². The number of pyridine rings is 1. The van der Waals surface area contributed by atoms with Crippen LogP contribution in [0.15, 0.2) is 134 Å². The number of fused-ring (bicyclic) bond motifs is 1. The molecule has 0 spiro atoms. The molecule has 2 aromatic heterocycles. The molecular weight excluding hydrogens is 926 g/mol. The van der Waals surface area contributed by atoms with Gasteiger partial charge in [0.2, 0.25) is 0 Å². The number of aromatic hydroxyl groups is 1. The quantitative estimate of drug-likeness (QED) is 0.169. The van der Waals surface area contributed by atoms with Crippen LogP contribution in [0.1, 0.15) is 102 Å². The maximum atomic E-state index is 11.8. The molecule has 0 amide bonds. The fraction of sp³-hybridized carbons (Fsp3) is 0.250. The fourth-order valence-electron chi connectivity index (χ4n) is 7.87. The molecule has 0 atom stereocenters. The summed E-state index contributed by atoms with van der Waals surface area (Å²) < 4.78 is 75.8. The van der Waals surface area contributed by atoms with Crippen molar-refractivity contribution < 1.29 is 38.5 Å². The van der Waals surface area contributed by atoms with Crippen LogP contribution in [0.2, 0.25) is 0 Å². The van der Waals surface area contributed by atoms with Crippen LogP contribution < -0.4 is 0 Å². The van der Waals surface area contributed by atoms with E-state index >= 15 is 0 Å². The minimum Gasteiger partial charge on any atom is -0.507 e. The average molecular weight is 991 g/mol. The Bertz CT molecular complexity index is 3200. The zero-order valence-corrected chi connectivity index (χ0v) is 38.1. The van der Waals surface area contributed by atoms with Crippen molar-refractivity contribution >= 4 is 11.0 Å². The summed E-state index contributed by atoms with van der Waals surface area (Å²) in [6.45, 7) is 6.85. The summed E-state index contributed by atoms with van der Waals surface area (Å²) in [7, 11) is 0. The number of rotatable bonds is 6. The predicted molar refractivity (Wildman–Crippen MR) is 252 cm³/mol. The van der Waals surface area contributed by atoms with Gasteiger partial charge in [0.05, 0.1) is 22.3 Å². The Kier molecular flexibility index (Phi) is 8.88. The van der Waals surface area contributed by atoms with Gasteiger partial charge in [0, 0.05) is 50.9 Å². The summed E-state index contributed by atoms with van der Waals surface area (Å²) in [6, 6.07) is 44.2. The number of aryl methyl sites for hydroxylation is 2. The van der Waals surface area contributed by atoms with E-state index in [1.165, 1.54) is 17.7 Å². The fourth-order valence-corrected chi connectivity index (χ4v) is 7.87. The Balaban J connectivity index is 0.00000722. The number of benzene rings is 6. The summed E-state index contributed by atoms with van der Waals surface area (Å²) in [5.41, 5.74) is 9.40. The van der Waals surface area contributed by atoms with Crippen molar-refractivity contribution in [2.75, 3.05) is 0 Å². The van der Waals surface area contributed by atoms with E-state index in [1.807, 2.05) is 62.4 Å². The number of nitrogens with zero attached hydrogens (tertiary/aromatic N) is 3. The third-order valence-corrected chi connectivity index (χ3v) is 11.3. The Morgan fingerprint density at radius 2 is 1.28 bits per heavy atom. The van der Waals surface area contributed by atoms with Crippen molar-refractivity contribution in [2.24, 2.45) is 0 Å². The van der Waals surface area contributed by atoms with E-state index in [9.17, 15) is 5.11 Å². The predicted octanol–water partition coefficient (Wildman–Crippen LogP) is 14.8. The zero-order chi connectivity index (χ0) is 50.2. The van der Waals surface area contributed by atoms with Crippen molar-refractivity contribution in [1.29, 1.82) is 0 Å². The van der Waals surface area contributed by atoms with Gasteiger partial charge in [0.1, 0.15) is 11.6 Å². The van der Waals surface area contributed by atoms with Crippen LogP contribution in [0.4, 0.5) is 0 Å². The van der Waals surface area contributed by atoms with Gasteiger partial charge in [-0.1, -0.05) is 158 Å². The van der Waals surface area contributed by atoms with Crippen LogP contribution in [0.5, 0.6) is 5.75 Å². The van der Waals surface area contributed by atoms with Crippen LogP contribution in [0.25, 0.3) is 72.7 Å². The van der Waals surface area contributed by atoms with Gasteiger partial charge in [0.25, 0.3) is 0 Å². The molecule has 2 heterocycles. The minimum absolute atomic E-state index is 0. The second-order valence-electron chi connectivity index (χ2n) is 18.0. The van der Waals surface area contributed by atoms with Crippen LogP contribution in [0, 0.1) is 19.9 Å². The molecule has 0 aliphatic heterocycles. The number of phenolic OH excluding ortho intramolecular Hbond substituents is 1. The second kappa shape index (κ2) is 16.4. The molecule has 0 unspecified atom stereocenters. The van der Waals surface area contributed by atoms with E-state index in [0.29, 0.717) is 39.3 Å². The number of aromatic nitrogens is 3. The van der Waals surface area contributed by atoms with Gasteiger partial charge in [-0.05, 0) is 99.4 Å². The van der Waals surface area contributed by atoms with Crippen LogP contribution >= 0.6 is 0 Å². The van der Waals surface area contributed by atoms with Gasteiger partial charge < -0.3 is 5.11 Å². The third kappa shape index (κ3) is 8.66. The number of para-hydroxylation sites is 1. The molecule has 0 fully saturated rings. The zero-order valence-electron chi connectivity index (χ0n) is 44.8. The van der Waals surface area contributed by atoms with Gasteiger partial charge in [0.15, 0.2) is 0 Å². The molecule has 1 N–H and O–H groups in total. The first-order valence-corrected chi connectivity index (χ1v) is 20.3. The third-order valence-electron chi connectivity index (χ3n) is 11.3. The molecule has 8 aromatic rings. The largest absolute Gasteiger partial charge is 0.507 e. The van der Waals surface area contributed by atoms with Gasteiger partial charge in [-0.2, -0.15) is 0 Å². The summed E-state index contributed by atoms with van der Waals surface area (Å²) >= 11 is 0. The van der Waals surface area contributed by atoms with Crippen molar-refractivity contribution in [3.05, 3.63) is 167 Å². The van der Waals surface area contributed by atoms with Gasteiger partial charge in [-0.15, -0.1) is 29.3 Å². The number of imidazole rings is 1. The first-order chi connectivity index (χ1) is 32.1. The molecular formula is C56H56N3OPt-. The van der Waals surface area contributed by atoms with E-state index in [-0.39, 0.29) is 43.2 Å². The minimum atomic E-state index is -3.37. The second-order valence-corrected chi connectivity index (χ2v) is 18.0. The molecule has 61 heavy (non-hydrogen) atoms. The normalized spacial score (nSPS) is 14.9. The standard InChI is InChI=1S/C56H56N3O.Pt/c1-35-28-36(2)52(60)47(29-35)53-58-51-45(18-15-19-50(51)59(53)49-25-24-43(55(6,7)8)34-46(49)38-16-13-12-14-17-38)40-30-41(32-44(31-40)56(9,10)11)48-33-39(26-27-57-48)37-20-22-42(23-21-37)54(3,4)5;/h12-29,31-34,60H,1-11H3;/q-1;/i3D3,4D3,5D3;. The summed E-state index contributed by atoms with van der Waals surface area (Å²) in [6.07, 6.45) is 1.66. The summed E-state index contributed by atoms with van der Waals surface area (Å²) in [4.78, 5) is 10.3. The Labute approximate surface area is 389 Å². The van der Waals surface area contributed by atoms with Crippen molar-refractivity contribution in [3.63, 3.8) is 0 Å². The molecule has 4 nitrogen and oxygen atoms in total. The molecule has 0 saturated carbocycles. The van der Waals surface area contributed by atoms with Gasteiger partial charge >= 0.3 is 0 Å². The molecule has 0 aliphatic carbocycles. The number of phenols is 1. The van der Waals surface area contributed by atoms with Gasteiger partial charge in [-0.25, -0.2) is 4.98 Å². The van der Waals surface area contributed by atoms with E-state index in [4.69, 9.17) is 22.3 Å². The van der Waals surface area contributed by atoms with Crippen LogP contribution in [0.3, 0.4) is 0 Å². The number of hydrogen-bond donors (Lipinski definition) is 1. The van der Waals surface area contributed by atoms with Crippen LogP contribution in [-0.2, 0) is 37.3 Å². The summed E-state index contributed by atoms with van der Waals surface area (Å²) in [5.74, 6) is 0.741. The maximum absolute atomic E-state index is 11.8. The van der Waals surface area contributed by atoms with E-state index in [0.717, 1.165) is 50.1 Å². The Morgan fingerprint density at radius 1 is 0.590 bits per heavy atom. The molecule has 0 bridgehead atoms. The first-order valence-electron chi connectivity index (χ1n) is 24.8. The molecule has 5 heteroatoms. The molecule has 0 saturated heterocycles. The van der Waals surface area contributed by atoms with Crippen LogP contribution in [-0.4, -0.2) is 19.6 Å². The monoisotopic (exact) mass is 990 g/mol. The first kappa shape index (κ1) is 33.1. The SMILES string of the molecule is [2H]C([2H])([2H])C(c1ccc(-c2ccnc(-c3[c-]c(-c4cccc5c4nc(-c4cc(C)cc(C)c4O)n5-c4ccc(C(C)(C)C)cc4-c4ccccc4)cc(C(C)(C)C)c3)c2)cc1)(C([2H])([2H])[2H])C([2H])([2H])[2H].[Pt]. The number of hydrogen-bond acceptors (Lipinski definition) is 3. The van der Waals surface area contributed by atoms with E-state index in [2.05, 4.69) is 101 Å². The smallest absolute Gasteiger partial charge is 0.148 e. The molecule has 312 valence electrons.